The lowest BCUT2D eigenvalue weighted by Crippen LogP contribution is -2.47. The number of likely N-dealkylation sites (tertiary alicyclic amines) is 1. The van der Waals surface area contributed by atoms with Gasteiger partial charge in [-0.25, -0.2) is 0 Å². The first-order valence-corrected chi connectivity index (χ1v) is 6.83. The monoisotopic (exact) mass is 249 g/mol. The number of aliphatic hydroxyl groups excluding tert-OH is 2. The number of hydrogen-bond acceptors (Lipinski definition) is 3. The maximum absolute atomic E-state index is 10.2. The maximum Gasteiger partial charge on any atom is 0.0917 e. The summed E-state index contributed by atoms with van der Waals surface area (Å²) in [5.41, 5.74) is 0.951. The van der Waals surface area contributed by atoms with Crippen LogP contribution in [-0.4, -0.2) is 40.3 Å². The van der Waals surface area contributed by atoms with Gasteiger partial charge in [0.15, 0.2) is 0 Å². The van der Waals surface area contributed by atoms with Crippen LogP contribution >= 0.6 is 0 Å². The summed E-state index contributed by atoms with van der Waals surface area (Å²) in [6, 6.07) is 9.94. The van der Waals surface area contributed by atoms with E-state index in [4.69, 9.17) is 0 Å². The highest BCUT2D eigenvalue weighted by molar-refractivity contribution is 5.17. The van der Waals surface area contributed by atoms with Gasteiger partial charge in [-0.3, -0.25) is 4.90 Å². The van der Waals surface area contributed by atoms with Gasteiger partial charge >= 0.3 is 0 Å². The molecule has 18 heavy (non-hydrogen) atoms. The van der Waals surface area contributed by atoms with E-state index in [9.17, 15) is 10.2 Å². The lowest BCUT2D eigenvalue weighted by atomic mass is 9.97. The normalized spacial score (nSPS) is 24.7. The van der Waals surface area contributed by atoms with Crippen molar-refractivity contribution in [1.29, 1.82) is 0 Å². The number of hydrogen-bond donors (Lipinski definition) is 2. The minimum absolute atomic E-state index is 0.192. The van der Waals surface area contributed by atoms with Gasteiger partial charge in [0.25, 0.3) is 0 Å². The standard InChI is InChI=1S/C15H23NO2/c1-12(17)14-9-5-6-10-16(14)11-15(18)13-7-3-2-4-8-13/h2-4,7-8,12,14-15,17-18H,5-6,9-11H2,1H3/t12-,14+,15+/m0/s1. The Labute approximate surface area is 109 Å². The van der Waals surface area contributed by atoms with E-state index < -0.39 is 6.10 Å². The van der Waals surface area contributed by atoms with Crippen molar-refractivity contribution in [3.05, 3.63) is 35.9 Å². The third-order valence-electron chi connectivity index (χ3n) is 3.81. The van der Waals surface area contributed by atoms with Crippen LogP contribution in [0, 0.1) is 0 Å². The van der Waals surface area contributed by atoms with Crippen molar-refractivity contribution in [1.82, 2.24) is 4.90 Å². The summed E-state index contributed by atoms with van der Waals surface area (Å²) in [5.74, 6) is 0. The maximum atomic E-state index is 10.2. The van der Waals surface area contributed by atoms with Gasteiger partial charge in [0.05, 0.1) is 12.2 Å². The smallest absolute Gasteiger partial charge is 0.0917 e. The van der Waals surface area contributed by atoms with E-state index in [1.807, 2.05) is 37.3 Å². The Bertz CT molecular complexity index is 353. The van der Waals surface area contributed by atoms with Gasteiger partial charge in [-0.05, 0) is 31.9 Å². The molecule has 3 atom stereocenters. The van der Waals surface area contributed by atoms with E-state index in [1.54, 1.807) is 0 Å². The van der Waals surface area contributed by atoms with Crippen LogP contribution in [0.1, 0.15) is 37.9 Å². The van der Waals surface area contributed by atoms with E-state index in [1.165, 1.54) is 6.42 Å². The third-order valence-corrected chi connectivity index (χ3v) is 3.81. The molecule has 0 radical (unpaired) electrons. The second kappa shape index (κ2) is 6.32. The molecular weight excluding hydrogens is 226 g/mol. The Hall–Kier alpha value is -0.900. The van der Waals surface area contributed by atoms with Crippen molar-refractivity contribution in [2.75, 3.05) is 13.1 Å². The quantitative estimate of drug-likeness (QED) is 0.857. The molecule has 0 unspecified atom stereocenters. The molecule has 1 saturated heterocycles. The van der Waals surface area contributed by atoms with Crippen LogP contribution < -0.4 is 0 Å². The Morgan fingerprint density at radius 3 is 2.61 bits per heavy atom. The molecule has 0 aromatic heterocycles. The topological polar surface area (TPSA) is 43.7 Å². The molecule has 3 nitrogen and oxygen atoms in total. The number of β-amino-alcohol motifs (C(OH)–C–C–N with tert-alkyl or cyclic N) is 1. The lowest BCUT2D eigenvalue weighted by molar-refractivity contribution is 0.00763. The van der Waals surface area contributed by atoms with Gasteiger partial charge in [0, 0.05) is 12.6 Å². The Balaban J connectivity index is 1.99. The summed E-state index contributed by atoms with van der Waals surface area (Å²) in [6.45, 7) is 3.43. The zero-order valence-corrected chi connectivity index (χ0v) is 11.0. The van der Waals surface area contributed by atoms with Crippen LogP contribution in [0.4, 0.5) is 0 Å². The van der Waals surface area contributed by atoms with Crippen LogP contribution in [0.3, 0.4) is 0 Å². The molecular formula is C15H23NO2. The molecule has 0 amide bonds. The first-order valence-electron chi connectivity index (χ1n) is 6.83. The van der Waals surface area contributed by atoms with Crippen molar-refractivity contribution in [2.24, 2.45) is 0 Å². The average Bonchev–Trinajstić information content (AvgIpc) is 2.40. The number of aliphatic hydroxyl groups is 2. The molecule has 1 aromatic rings. The fourth-order valence-corrected chi connectivity index (χ4v) is 2.79. The molecule has 1 aromatic carbocycles. The van der Waals surface area contributed by atoms with E-state index in [0.29, 0.717) is 6.54 Å². The second-order valence-electron chi connectivity index (χ2n) is 5.23. The Kier molecular flexibility index (Phi) is 4.75. The van der Waals surface area contributed by atoms with Gasteiger partial charge < -0.3 is 10.2 Å². The predicted molar refractivity (Wildman–Crippen MR) is 72.3 cm³/mol. The van der Waals surface area contributed by atoms with Gasteiger partial charge in [0.2, 0.25) is 0 Å². The van der Waals surface area contributed by atoms with Crippen molar-refractivity contribution < 1.29 is 10.2 Å². The number of benzene rings is 1. The van der Waals surface area contributed by atoms with Crippen LogP contribution in [0.5, 0.6) is 0 Å². The number of rotatable bonds is 4. The molecule has 0 bridgehead atoms. The molecule has 1 aliphatic heterocycles. The zero-order valence-electron chi connectivity index (χ0n) is 11.0. The number of piperidine rings is 1. The van der Waals surface area contributed by atoms with Crippen molar-refractivity contribution in [2.45, 2.75) is 44.4 Å². The first-order chi connectivity index (χ1) is 8.68. The van der Waals surface area contributed by atoms with Crippen LogP contribution in [0.15, 0.2) is 30.3 Å². The molecule has 100 valence electrons. The van der Waals surface area contributed by atoms with Crippen LogP contribution in [0.25, 0.3) is 0 Å². The van der Waals surface area contributed by atoms with Crippen LogP contribution in [0.2, 0.25) is 0 Å². The largest absolute Gasteiger partial charge is 0.392 e. The molecule has 1 heterocycles. The SMILES string of the molecule is C[C@H](O)[C@H]1CCCCN1C[C@@H](O)c1ccccc1. The summed E-state index contributed by atoms with van der Waals surface area (Å²) in [4.78, 5) is 2.23. The summed E-state index contributed by atoms with van der Waals surface area (Å²) in [5, 5.41) is 20.1. The van der Waals surface area contributed by atoms with Crippen molar-refractivity contribution >= 4 is 0 Å². The summed E-state index contributed by atoms with van der Waals surface area (Å²) < 4.78 is 0. The van der Waals surface area contributed by atoms with E-state index >= 15 is 0 Å². The predicted octanol–water partition coefficient (Wildman–Crippen LogP) is 1.96. The van der Waals surface area contributed by atoms with E-state index in [2.05, 4.69) is 4.90 Å². The fourth-order valence-electron chi connectivity index (χ4n) is 2.79. The highest BCUT2D eigenvalue weighted by atomic mass is 16.3. The number of nitrogens with zero attached hydrogens (tertiary/aromatic N) is 1. The van der Waals surface area contributed by atoms with Gasteiger partial charge in [-0.15, -0.1) is 0 Å². The molecule has 2 N–H and O–H groups in total. The van der Waals surface area contributed by atoms with Gasteiger partial charge in [-0.1, -0.05) is 36.8 Å². The molecule has 2 rings (SSSR count). The lowest BCUT2D eigenvalue weighted by Gasteiger charge is -2.38. The van der Waals surface area contributed by atoms with Crippen LogP contribution in [-0.2, 0) is 0 Å². The molecule has 0 aliphatic carbocycles. The Morgan fingerprint density at radius 1 is 1.22 bits per heavy atom. The van der Waals surface area contributed by atoms with Crippen molar-refractivity contribution in [3.63, 3.8) is 0 Å². The minimum atomic E-state index is -0.467. The van der Waals surface area contributed by atoms with Gasteiger partial charge in [0.1, 0.15) is 0 Å². The molecule has 3 heteroatoms. The molecule has 1 fully saturated rings. The zero-order chi connectivity index (χ0) is 13.0. The third kappa shape index (κ3) is 3.31. The summed E-state index contributed by atoms with van der Waals surface area (Å²) in [7, 11) is 0. The Morgan fingerprint density at radius 2 is 1.94 bits per heavy atom. The van der Waals surface area contributed by atoms with E-state index in [0.717, 1.165) is 24.9 Å². The fraction of sp³-hybridized carbons (Fsp3) is 0.600. The van der Waals surface area contributed by atoms with Gasteiger partial charge in [-0.2, -0.15) is 0 Å². The highest BCUT2D eigenvalue weighted by Gasteiger charge is 2.27. The average molecular weight is 249 g/mol. The summed E-state index contributed by atoms with van der Waals surface area (Å²) in [6.07, 6.45) is 2.57. The highest BCUT2D eigenvalue weighted by Crippen LogP contribution is 2.23. The second-order valence-corrected chi connectivity index (χ2v) is 5.23. The van der Waals surface area contributed by atoms with E-state index in [-0.39, 0.29) is 12.1 Å². The van der Waals surface area contributed by atoms with Crippen molar-refractivity contribution in [3.8, 4) is 0 Å². The minimum Gasteiger partial charge on any atom is -0.392 e. The molecule has 0 spiro atoms. The first kappa shape index (κ1) is 13.5. The molecule has 0 saturated carbocycles. The summed E-state index contributed by atoms with van der Waals surface area (Å²) >= 11 is 0. The molecule has 1 aliphatic rings.